The maximum Gasteiger partial charge on any atom is 0.331 e. The van der Waals surface area contributed by atoms with Gasteiger partial charge in [0, 0.05) is 42.2 Å². The largest absolute Gasteiger partial charge is 0.478 e. The first-order valence-corrected chi connectivity index (χ1v) is 10.1. The Morgan fingerprint density at radius 2 is 1.96 bits per heavy atom. The van der Waals surface area contributed by atoms with Crippen LogP contribution < -0.4 is 10.6 Å². The third-order valence-corrected chi connectivity index (χ3v) is 6.35. The average Bonchev–Trinajstić information content (AvgIpc) is 3.01. The lowest BCUT2D eigenvalue weighted by atomic mass is 10.1. The van der Waals surface area contributed by atoms with Gasteiger partial charge in [-0.3, -0.25) is 9.59 Å². The maximum atomic E-state index is 11.6. The van der Waals surface area contributed by atoms with Crippen LogP contribution in [-0.2, 0) is 14.4 Å². The maximum absolute atomic E-state index is 11.6. The fraction of sp³-hybridized carbons (Fsp3) is 0.667. The minimum absolute atomic E-state index is 0.00930. The number of nitrogens with one attached hydrogen (secondary N) is 2. The molecule has 0 bridgehead atoms. The van der Waals surface area contributed by atoms with Crippen molar-refractivity contribution in [3.05, 3.63) is 11.6 Å². The van der Waals surface area contributed by atoms with Crippen LogP contribution in [0.5, 0.6) is 0 Å². The number of carbonyl (C=O) groups is 3. The van der Waals surface area contributed by atoms with Crippen LogP contribution in [0.1, 0.15) is 39.0 Å². The van der Waals surface area contributed by atoms with Gasteiger partial charge in [-0.15, -0.1) is 0 Å². The summed E-state index contributed by atoms with van der Waals surface area (Å²) in [6, 6.07) is 0. The van der Waals surface area contributed by atoms with E-state index in [1.165, 1.54) is 25.5 Å². The van der Waals surface area contributed by atoms with Crippen molar-refractivity contribution >= 4 is 39.4 Å². The molecule has 1 rings (SSSR count). The van der Waals surface area contributed by atoms with Crippen LogP contribution in [0.25, 0.3) is 0 Å². The molecule has 2 amide bonds. The molecule has 0 aromatic rings. The summed E-state index contributed by atoms with van der Waals surface area (Å²) >= 11 is 0. The Bertz CT molecular complexity index is 449. The van der Waals surface area contributed by atoms with Crippen molar-refractivity contribution < 1.29 is 19.5 Å². The molecular weight excluding hydrogens is 336 g/mol. The first kappa shape index (κ1) is 19.9. The van der Waals surface area contributed by atoms with E-state index in [0.717, 1.165) is 24.2 Å². The highest BCUT2D eigenvalue weighted by Crippen LogP contribution is 2.39. The Hall–Kier alpha value is -1.15. The highest BCUT2D eigenvalue weighted by atomic mass is 33.1. The number of carbonyl (C=O) groups excluding carboxylic acids is 2. The molecule has 1 aliphatic rings. The molecule has 0 aliphatic carbocycles. The van der Waals surface area contributed by atoms with Crippen LogP contribution in [0.4, 0.5) is 0 Å². The summed E-state index contributed by atoms with van der Waals surface area (Å²) in [4.78, 5) is 33.6. The summed E-state index contributed by atoms with van der Waals surface area (Å²) < 4.78 is 0. The van der Waals surface area contributed by atoms with E-state index in [0.29, 0.717) is 13.0 Å². The van der Waals surface area contributed by atoms with Crippen molar-refractivity contribution in [1.29, 1.82) is 0 Å². The van der Waals surface area contributed by atoms with Gasteiger partial charge in [0.05, 0.1) is 0 Å². The molecule has 0 radical (unpaired) electrons. The number of hydrogen-bond acceptors (Lipinski definition) is 5. The van der Waals surface area contributed by atoms with Gasteiger partial charge < -0.3 is 15.7 Å². The van der Waals surface area contributed by atoms with E-state index in [2.05, 4.69) is 10.6 Å². The molecule has 0 aromatic heterocycles. The van der Waals surface area contributed by atoms with Gasteiger partial charge in [-0.05, 0) is 26.2 Å². The lowest BCUT2D eigenvalue weighted by Crippen LogP contribution is -2.34. The Morgan fingerprint density at radius 3 is 2.61 bits per heavy atom. The van der Waals surface area contributed by atoms with Crippen molar-refractivity contribution in [2.45, 2.75) is 44.3 Å². The van der Waals surface area contributed by atoms with Gasteiger partial charge in [0.25, 0.3) is 0 Å². The van der Waals surface area contributed by atoms with E-state index < -0.39 is 11.9 Å². The Morgan fingerprint density at radius 1 is 1.22 bits per heavy atom. The van der Waals surface area contributed by atoms with Crippen LogP contribution in [-0.4, -0.2) is 47.0 Å². The van der Waals surface area contributed by atoms with Crippen molar-refractivity contribution in [3.8, 4) is 0 Å². The van der Waals surface area contributed by atoms with Crippen LogP contribution in [0.3, 0.4) is 0 Å². The quantitative estimate of drug-likeness (QED) is 0.313. The van der Waals surface area contributed by atoms with Crippen molar-refractivity contribution in [2.24, 2.45) is 0 Å². The predicted molar refractivity (Wildman–Crippen MR) is 94.3 cm³/mol. The standard InChI is InChI=1S/C15H24N2O4S2/c1-11(15(20)21)10-14(19)17-8-7-16-13(18)5-3-2-4-12-6-9-22-23-12/h10,12H,2-9H2,1H3,(H,16,18)(H,17,19)(H,20,21)/b11-10+. The number of unbranched alkanes of at least 4 members (excludes halogenated alkanes) is 1. The van der Waals surface area contributed by atoms with Crippen LogP contribution in [0, 0.1) is 0 Å². The zero-order valence-electron chi connectivity index (χ0n) is 13.3. The smallest absolute Gasteiger partial charge is 0.331 e. The number of carboxylic acid groups (broad SMARTS) is 1. The summed E-state index contributed by atoms with van der Waals surface area (Å²) in [7, 11) is 3.89. The second-order valence-corrected chi connectivity index (χ2v) is 8.14. The minimum atomic E-state index is -1.12. The van der Waals surface area contributed by atoms with Gasteiger partial charge in [-0.1, -0.05) is 28.0 Å². The molecule has 8 heteroatoms. The molecule has 0 spiro atoms. The lowest BCUT2D eigenvalue weighted by Gasteiger charge is -2.08. The van der Waals surface area contributed by atoms with Crippen molar-refractivity contribution in [3.63, 3.8) is 0 Å². The van der Waals surface area contributed by atoms with E-state index in [4.69, 9.17) is 5.11 Å². The van der Waals surface area contributed by atoms with E-state index >= 15 is 0 Å². The zero-order valence-corrected chi connectivity index (χ0v) is 14.9. The molecule has 1 unspecified atom stereocenters. The van der Waals surface area contributed by atoms with Gasteiger partial charge in [0.15, 0.2) is 0 Å². The van der Waals surface area contributed by atoms with E-state index in [-0.39, 0.29) is 18.0 Å². The molecule has 3 N–H and O–H groups in total. The zero-order chi connectivity index (χ0) is 17.1. The number of hydrogen-bond donors (Lipinski definition) is 3. The Labute approximate surface area is 144 Å². The summed E-state index contributed by atoms with van der Waals surface area (Å²) in [6.07, 6.45) is 5.95. The van der Waals surface area contributed by atoms with Gasteiger partial charge in [-0.2, -0.15) is 0 Å². The highest BCUT2D eigenvalue weighted by molar-refractivity contribution is 8.77. The van der Waals surface area contributed by atoms with Crippen LogP contribution in [0.15, 0.2) is 11.6 Å². The Kier molecular flexibility index (Phi) is 9.86. The third-order valence-electron chi connectivity index (χ3n) is 3.34. The fourth-order valence-electron chi connectivity index (χ4n) is 2.01. The average molecular weight is 361 g/mol. The van der Waals surface area contributed by atoms with Gasteiger partial charge in [-0.25, -0.2) is 4.79 Å². The molecule has 6 nitrogen and oxygen atoms in total. The van der Waals surface area contributed by atoms with Crippen molar-refractivity contribution in [1.82, 2.24) is 10.6 Å². The second kappa shape index (κ2) is 11.4. The summed E-state index contributed by atoms with van der Waals surface area (Å²) in [5.74, 6) is -0.359. The monoisotopic (exact) mass is 360 g/mol. The van der Waals surface area contributed by atoms with Gasteiger partial charge in [0.1, 0.15) is 0 Å². The Balaban J connectivity index is 2.00. The number of rotatable bonds is 10. The molecule has 0 saturated carbocycles. The van der Waals surface area contributed by atoms with Gasteiger partial charge >= 0.3 is 5.97 Å². The normalized spacial score (nSPS) is 17.8. The van der Waals surface area contributed by atoms with Crippen LogP contribution in [0.2, 0.25) is 0 Å². The fourth-order valence-corrected chi connectivity index (χ4v) is 5.04. The number of carboxylic acids is 1. The molecule has 130 valence electrons. The first-order valence-electron chi connectivity index (χ1n) is 7.73. The van der Waals surface area contributed by atoms with Crippen molar-refractivity contribution in [2.75, 3.05) is 18.8 Å². The summed E-state index contributed by atoms with van der Waals surface area (Å²) in [5, 5.41) is 14.7. The molecule has 1 saturated heterocycles. The molecule has 1 aliphatic heterocycles. The van der Waals surface area contributed by atoms with E-state index in [9.17, 15) is 14.4 Å². The third kappa shape index (κ3) is 9.55. The topological polar surface area (TPSA) is 95.5 Å². The predicted octanol–water partition coefficient (Wildman–Crippen LogP) is 1.96. The molecule has 23 heavy (non-hydrogen) atoms. The molecule has 0 aromatic carbocycles. The summed E-state index contributed by atoms with van der Waals surface area (Å²) in [6.45, 7) is 1.98. The SMILES string of the molecule is C/C(=C\C(=O)NCCNC(=O)CCCCC1CCSS1)C(=O)O. The molecule has 1 fully saturated rings. The number of amides is 2. The first-order chi connectivity index (χ1) is 11.0. The van der Waals surface area contributed by atoms with Crippen LogP contribution >= 0.6 is 21.6 Å². The molecule has 1 atom stereocenters. The van der Waals surface area contributed by atoms with E-state index in [1.807, 2.05) is 21.6 Å². The van der Waals surface area contributed by atoms with E-state index in [1.54, 1.807) is 0 Å². The minimum Gasteiger partial charge on any atom is -0.478 e. The number of aliphatic carboxylic acids is 1. The van der Waals surface area contributed by atoms with Gasteiger partial charge in [0.2, 0.25) is 11.8 Å². The second-order valence-electron chi connectivity index (χ2n) is 5.35. The summed E-state index contributed by atoms with van der Waals surface area (Å²) in [5.41, 5.74) is -0.0228. The lowest BCUT2D eigenvalue weighted by molar-refractivity contribution is -0.133. The highest BCUT2D eigenvalue weighted by Gasteiger charge is 2.15. The molecule has 1 heterocycles. The molecular formula is C15H24N2O4S2.